The predicted octanol–water partition coefficient (Wildman–Crippen LogP) is 2.96. The van der Waals surface area contributed by atoms with Crippen molar-refractivity contribution in [1.82, 2.24) is 14.9 Å². The normalized spacial score (nSPS) is 11.2. The first kappa shape index (κ1) is 17.1. The van der Waals surface area contributed by atoms with Crippen molar-refractivity contribution in [2.45, 2.75) is 13.5 Å². The molecule has 3 aromatic rings. The summed E-state index contributed by atoms with van der Waals surface area (Å²) in [6.45, 7) is 4.23. The van der Waals surface area contributed by atoms with Crippen molar-refractivity contribution in [3.8, 4) is 5.75 Å². The molecule has 0 bridgehead atoms. The number of benzene rings is 2. The van der Waals surface area contributed by atoms with Crippen molar-refractivity contribution in [3.05, 3.63) is 70.5 Å². The molecule has 0 saturated heterocycles. The van der Waals surface area contributed by atoms with Gasteiger partial charge in [-0.25, -0.2) is 9.37 Å². The van der Waals surface area contributed by atoms with Gasteiger partial charge in [0, 0.05) is 6.54 Å². The SMILES string of the molecule is CCN(CCOc1ccccc1F)Cc1nc2ccccc2c(=O)[nH]1. The van der Waals surface area contributed by atoms with Crippen LogP contribution in [0.5, 0.6) is 5.75 Å². The number of fused-ring (bicyclic) bond motifs is 1. The van der Waals surface area contributed by atoms with E-state index in [-0.39, 0.29) is 17.1 Å². The molecule has 0 spiro atoms. The molecule has 0 radical (unpaired) electrons. The first-order valence-electron chi connectivity index (χ1n) is 8.25. The van der Waals surface area contributed by atoms with Gasteiger partial charge in [-0.3, -0.25) is 9.69 Å². The second kappa shape index (κ2) is 7.90. The van der Waals surface area contributed by atoms with Crippen molar-refractivity contribution in [2.24, 2.45) is 0 Å². The Morgan fingerprint density at radius 2 is 1.92 bits per heavy atom. The zero-order valence-electron chi connectivity index (χ0n) is 14.0. The molecular weight excluding hydrogens is 321 g/mol. The van der Waals surface area contributed by atoms with Gasteiger partial charge in [0.1, 0.15) is 12.4 Å². The molecule has 25 heavy (non-hydrogen) atoms. The van der Waals surface area contributed by atoms with Crippen LogP contribution in [-0.2, 0) is 6.54 Å². The van der Waals surface area contributed by atoms with Gasteiger partial charge < -0.3 is 9.72 Å². The Morgan fingerprint density at radius 3 is 2.72 bits per heavy atom. The van der Waals surface area contributed by atoms with Gasteiger partial charge in [-0.15, -0.1) is 0 Å². The fourth-order valence-electron chi connectivity index (χ4n) is 2.62. The topological polar surface area (TPSA) is 58.2 Å². The van der Waals surface area contributed by atoms with Crippen LogP contribution in [0.15, 0.2) is 53.3 Å². The van der Waals surface area contributed by atoms with Crippen LogP contribution in [0.1, 0.15) is 12.7 Å². The molecule has 0 fully saturated rings. The van der Waals surface area contributed by atoms with Crippen molar-refractivity contribution < 1.29 is 9.13 Å². The molecule has 6 heteroatoms. The lowest BCUT2D eigenvalue weighted by atomic mass is 10.2. The standard InChI is InChI=1S/C19H20FN3O2/c1-2-23(11-12-25-17-10-6-4-8-15(17)20)13-18-21-16-9-5-3-7-14(16)19(24)22-18/h3-10H,2,11-13H2,1H3,(H,21,22,24). The Bertz CT molecular complexity index is 910. The van der Waals surface area contributed by atoms with Crippen LogP contribution in [0.4, 0.5) is 4.39 Å². The average molecular weight is 341 g/mol. The highest BCUT2D eigenvalue weighted by Crippen LogP contribution is 2.15. The van der Waals surface area contributed by atoms with Crippen LogP contribution in [0.2, 0.25) is 0 Å². The number of likely N-dealkylation sites (N-methyl/N-ethyl adjacent to an activating group) is 1. The van der Waals surface area contributed by atoms with E-state index >= 15 is 0 Å². The predicted molar refractivity (Wildman–Crippen MR) is 95.2 cm³/mol. The van der Waals surface area contributed by atoms with Gasteiger partial charge in [0.2, 0.25) is 0 Å². The van der Waals surface area contributed by atoms with E-state index in [1.807, 2.05) is 25.1 Å². The summed E-state index contributed by atoms with van der Waals surface area (Å²) in [5.41, 5.74) is 0.541. The van der Waals surface area contributed by atoms with Gasteiger partial charge >= 0.3 is 0 Å². The van der Waals surface area contributed by atoms with E-state index in [0.717, 1.165) is 6.54 Å². The van der Waals surface area contributed by atoms with Crippen molar-refractivity contribution in [2.75, 3.05) is 19.7 Å². The van der Waals surface area contributed by atoms with Crippen LogP contribution in [0.25, 0.3) is 10.9 Å². The Morgan fingerprint density at radius 1 is 1.16 bits per heavy atom. The highest BCUT2D eigenvalue weighted by atomic mass is 19.1. The number of H-pyrrole nitrogens is 1. The Kier molecular flexibility index (Phi) is 5.40. The first-order valence-corrected chi connectivity index (χ1v) is 8.25. The molecule has 130 valence electrons. The molecular formula is C19H20FN3O2. The minimum atomic E-state index is -0.369. The Balaban J connectivity index is 1.64. The zero-order chi connectivity index (χ0) is 17.6. The lowest BCUT2D eigenvalue weighted by Gasteiger charge is -2.20. The molecule has 1 N–H and O–H groups in total. The van der Waals surface area contributed by atoms with Gasteiger partial charge in [-0.05, 0) is 30.8 Å². The number of nitrogens with zero attached hydrogens (tertiary/aromatic N) is 2. The quantitative estimate of drug-likeness (QED) is 0.718. The van der Waals surface area contributed by atoms with E-state index in [9.17, 15) is 9.18 Å². The molecule has 0 unspecified atom stereocenters. The van der Waals surface area contributed by atoms with Crippen molar-refractivity contribution in [3.63, 3.8) is 0 Å². The summed E-state index contributed by atoms with van der Waals surface area (Å²) in [5.74, 6) is 0.485. The van der Waals surface area contributed by atoms with Crippen LogP contribution in [0.3, 0.4) is 0 Å². The highest BCUT2D eigenvalue weighted by molar-refractivity contribution is 5.77. The second-order valence-corrected chi connectivity index (χ2v) is 5.68. The number of nitrogens with one attached hydrogen (secondary N) is 1. The molecule has 2 aromatic carbocycles. The maximum atomic E-state index is 13.5. The van der Waals surface area contributed by atoms with Gasteiger partial charge in [-0.2, -0.15) is 0 Å². The molecule has 3 rings (SSSR count). The van der Waals surface area contributed by atoms with Gasteiger partial charge in [0.15, 0.2) is 11.6 Å². The summed E-state index contributed by atoms with van der Waals surface area (Å²) < 4.78 is 19.0. The third-order valence-electron chi connectivity index (χ3n) is 3.98. The van der Waals surface area contributed by atoms with Crippen molar-refractivity contribution in [1.29, 1.82) is 0 Å². The number of aromatic nitrogens is 2. The largest absolute Gasteiger partial charge is 0.489 e. The van der Waals surface area contributed by atoms with E-state index in [2.05, 4.69) is 14.9 Å². The maximum absolute atomic E-state index is 13.5. The molecule has 0 atom stereocenters. The molecule has 0 saturated carbocycles. The van der Waals surface area contributed by atoms with Crippen LogP contribution >= 0.6 is 0 Å². The van der Waals surface area contributed by atoms with Crippen LogP contribution in [0, 0.1) is 5.82 Å². The average Bonchev–Trinajstić information content (AvgIpc) is 2.62. The summed E-state index contributed by atoms with van der Waals surface area (Å²) in [4.78, 5) is 21.5. The van der Waals surface area contributed by atoms with E-state index in [1.54, 1.807) is 24.3 Å². The number of para-hydroxylation sites is 2. The van der Waals surface area contributed by atoms with Crippen molar-refractivity contribution >= 4 is 10.9 Å². The van der Waals surface area contributed by atoms with Gasteiger partial charge in [0.25, 0.3) is 5.56 Å². The molecule has 1 aromatic heterocycles. The lowest BCUT2D eigenvalue weighted by molar-refractivity contribution is 0.202. The molecule has 1 heterocycles. The molecule has 0 aliphatic rings. The fraction of sp³-hybridized carbons (Fsp3) is 0.263. The van der Waals surface area contributed by atoms with Gasteiger partial charge in [-0.1, -0.05) is 31.2 Å². The highest BCUT2D eigenvalue weighted by Gasteiger charge is 2.09. The Hall–Kier alpha value is -2.73. The van der Waals surface area contributed by atoms with Gasteiger partial charge in [0.05, 0.1) is 17.4 Å². The summed E-state index contributed by atoms with van der Waals surface area (Å²) >= 11 is 0. The smallest absolute Gasteiger partial charge is 0.258 e. The minimum Gasteiger partial charge on any atom is -0.489 e. The number of hydrogen-bond acceptors (Lipinski definition) is 4. The molecule has 5 nitrogen and oxygen atoms in total. The number of hydrogen-bond donors (Lipinski definition) is 1. The zero-order valence-corrected chi connectivity index (χ0v) is 14.0. The second-order valence-electron chi connectivity index (χ2n) is 5.68. The minimum absolute atomic E-state index is 0.140. The summed E-state index contributed by atoms with van der Waals surface area (Å²) in [6.07, 6.45) is 0. The van der Waals surface area contributed by atoms with E-state index in [0.29, 0.717) is 36.4 Å². The van der Waals surface area contributed by atoms with E-state index in [1.165, 1.54) is 6.07 Å². The maximum Gasteiger partial charge on any atom is 0.258 e. The van der Waals surface area contributed by atoms with E-state index < -0.39 is 0 Å². The lowest BCUT2D eigenvalue weighted by Crippen LogP contribution is -2.29. The summed E-state index contributed by atoms with van der Waals surface area (Å²) in [5, 5.41) is 0.581. The molecule has 0 aliphatic carbocycles. The molecule has 0 amide bonds. The first-order chi connectivity index (χ1) is 12.2. The summed E-state index contributed by atoms with van der Waals surface area (Å²) in [6, 6.07) is 13.6. The summed E-state index contributed by atoms with van der Waals surface area (Å²) in [7, 11) is 0. The number of aromatic amines is 1. The number of halogens is 1. The number of rotatable bonds is 7. The molecule has 0 aliphatic heterocycles. The van der Waals surface area contributed by atoms with Crippen LogP contribution < -0.4 is 10.3 Å². The van der Waals surface area contributed by atoms with Crippen LogP contribution in [-0.4, -0.2) is 34.6 Å². The van der Waals surface area contributed by atoms with E-state index in [4.69, 9.17) is 4.74 Å². The third kappa shape index (κ3) is 4.22. The third-order valence-corrected chi connectivity index (χ3v) is 3.98. The Labute approximate surface area is 145 Å². The monoisotopic (exact) mass is 341 g/mol. The fourth-order valence-corrected chi connectivity index (χ4v) is 2.62. The number of ether oxygens (including phenoxy) is 1.